The molecule has 0 saturated carbocycles. The monoisotopic (exact) mass is 395 g/mol. The Kier molecular flexibility index (Phi) is 5.41. The van der Waals surface area contributed by atoms with Gasteiger partial charge in [0.05, 0.1) is 6.54 Å². The zero-order valence-corrected chi connectivity index (χ0v) is 14.9. The summed E-state index contributed by atoms with van der Waals surface area (Å²) in [5, 5.41) is 21.1. The van der Waals surface area contributed by atoms with E-state index in [1.54, 1.807) is 0 Å². The highest BCUT2D eigenvalue weighted by molar-refractivity contribution is 5.31. The van der Waals surface area contributed by atoms with Crippen LogP contribution >= 0.6 is 0 Å². The van der Waals surface area contributed by atoms with E-state index < -0.39 is 41.0 Å². The normalized spacial score (nSPS) is 14.1. The first-order valence-corrected chi connectivity index (χ1v) is 8.50. The Labute approximate surface area is 157 Å². The number of rotatable bonds is 7. The average molecular weight is 395 g/mol. The molecule has 0 bridgehead atoms. The number of pyridine rings is 1. The predicted octanol–water partition coefficient (Wildman–Crippen LogP) is 2.98. The summed E-state index contributed by atoms with van der Waals surface area (Å²) in [7, 11) is 0. The van der Waals surface area contributed by atoms with Crippen LogP contribution in [0.4, 0.5) is 17.6 Å². The molecule has 3 rings (SSSR count). The lowest BCUT2D eigenvalue weighted by molar-refractivity contribution is -0.207. The maximum atomic E-state index is 15.4. The van der Waals surface area contributed by atoms with Gasteiger partial charge in [0.25, 0.3) is 0 Å². The third-order valence-corrected chi connectivity index (χ3v) is 4.36. The van der Waals surface area contributed by atoms with Gasteiger partial charge in [-0.3, -0.25) is 4.98 Å². The number of aliphatic hydroxyl groups is 1. The lowest BCUT2D eigenvalue weighted by Gasteiger charge is -2.35. The van der Waals surface area contributed by atoms with Crippen molar-refractivity contribution in [2.45, 2.75) is 37.8 Å². The summed E-state index contributed by atoms with van der Waals surface area (Å²) in [6.45, 7) is 1.05. The maximum absolute atomic E-state index is 15.4. The molecule has 0 saturated heterocycles. The molecule has 3 aromatic rings. The van der Waals surface area contributed by atoms with Crippen LogP contribution in [0.3, 0.4) is 0 Å². The van der Waals surface area contributed by atoms with Crippen molar-refractivity contribution in [2.24, 2.45) is 0 Å². The van der Waals surface area contributed by atoms with E-state index in [4.69, 9.17) is 0 Å². The zero-order chi connectivity index (χ0) is 20.4. The van der Waals surface area contributed by atoms with Gasteiger partial charge >= 0.3 is 5.92 Å². The van der Waals surface area contributed by atoms with Crippen molar-refractivity contribution < 1.29 is 22.7 Å². The van der Waals surface area contributed by atoms with Crippen LogP contribution in [0.5, 0.6) is 0 Å². The molecule has 0 aliphatic rings. The first kappa shape index (κ1) is 19.9. The van der Waals surface area contributed by atoms with Crippen molar-refractivity contribution in [2.75, 3.05) is 0 Å². The summed E-state index contributed by atoms with van der Waals surface area (Å²) in [4.78, 5) is 3.77. The minimum Gasteiger partial charge on any atom is -0.377 e. The Morgan fingerprint density at radius 2 is 1.93 bits per heavy atom. The van der Waals surface area contributed by atoms with Crippen molar-refractivity contribution >= 4 is 0 Å². The van der Waals surface area contributed by atoms with Crippen LogP contribution in [0.1, 0.15) is 30.2 Å². The minimum atomic E-state index is -4.04. The largest absolute Gasteiger partial charge is 0.377 e. The number of aryl methyl sites for hydroxylation is 1. The van der Waals surface area contributed by atoms with Crippen LogP contribution in [0.15, 0.2) is 42.9 Å². The lowest BCUT2D eigenvalue weighted by Crippen LogP contribution is -2.48. The number of halogens is 4. The third-order valence-electron chi connectivity index (χ3n) is 4.36. The molecule has 148 valence electrons. The van der Waals surface area contributed by atoms with Gasteiger partial charge in [-0.25, -0.2) is 13.5 Å². The smallest absolute Gasteiger partial charge is 0.323 e. The van der Waals surface area contributed by atoms with Crippen LogP contribution in [-0.4, -0.2) is 30.3 Å². The van der Waals surface area contributed by atoms with Gasteiger partial charge in [0.2, 0.25) is 0 Å². The molecule has 6 nitrogen and oxygen atoms in total. The molecule has 1 atom stereocenters. The van der Waals surface area contributed by atoms with Crippen molar-refractivity contribution in [1.29, 1.82) is 0 Å². The van der Waals surface area contributed by atoms with Gasteiger partial charge in [-0.05, 0) is 40.6 Å². The molecule has 0 aliphatic heterocycles. The van der Waals surface area contributed by atoms with Crippen LogP contribution in [0.25, 0.3) is 0 Å². The summed E-state index contributed by atoms with van der Waals surface area (Å²) in [6, 6.07) is 4.54. The Balaban J connectivity index is 2.11. The first-order chi connectivity index (χ1) is 13.3. The van der Waals surface area contributed by atoms with Gasteiger partial charge in [0.15, 0.2) is 5.60 Å². The second kappa shape index (κ2) is 7.63. The molecular formula is C18H17F4N5O. The van der Waals surface area contributed by atoms with Crippen molar-refractivity contribution in [1.82, 2.24) is 25.2 Å². The van der Waals surface area contributed by atoms with E-state index in [1.807, 2.05) is 6.92 Å². The number of hydrogen-bond acceptors (Lipinski definition) is 5. The fraction of sp³-hybridized carbons (Fsp3) is 0.333. The molecule has 0 aliphatic carbocycles. The standard InChI is InChI=1S/C18H17F4N5O/c1-2-3-12-4-7-16(23-9-12)18(21,22)17(28,10-27-11-24-25-26-27)14-6-5-13(19)8-15(14)20/h4-9,11,28H,2-3,10H2,1H3. The van der Waals surface area contributed by atoms with Crippen molar-refractivity contribution in [3.63, 3.8) is 0 Å². The second-order valence-corrected chi connectivity index (χ2v) is 6.37. The van der Waals surface area contributed by atoms with E-state index in [2.05, 4.69) is 20.5 Å². The summed E-state index contributed by atoms with van der Waals surface area (Å²) >= 11 is 0. The summed E-state index contributed by atoms with van der Waals surface area (Å²) in [6.07, 6.45) is 3.74. The molecular weight excluding hydrogens is 378 g/mol. The number of nitrogens with zero attached hydrogens (tertiary/aromatic N) is 5. The summed E-state index contributed by atoms with van der Waals surface area (Å²) in [5.74, 6) is -6.32. The van der Waals surface area contributed by atoms with Crippen molar-refractivity contribution in [3.8, 4) is 0 Å². The number of aromatic nitrogens is 5. The van der Waals surface area contributed by atoms with Gasteiger partial charge in [-0.2, -0.15) is 8.78 Å². The zero-order valence-electron chi connectivity index (χ0n) is 14.9. The molecule has 0 fully saturated rings. The molecule has 0 radical (unpaired) electrons. The Bertz CT molecular complexity index is 934. The Hall–Kier alpha value is -2.88. The second-order valence-electron chi connectivity index (χ2n) is 6.37. The molecule has 0 amide bonds. The highest BCUT2D eigenvalue weighted by Gasteiger charge is 2.57. The predicted molar refractivity (Wildman–Crippen MR) is 90.2 cm³/mol. The van der Waals surface area contributed by atoms with E-state index in [0.29, 0.717) is 12.5 Å². The number of alkyl halides is 2. The van der Waals surface area contributed by atoms with Crippen LogP contribution in [0, 0.1) is 11.6 Å². The molecule has 10 heteroatoms. The molecule has 28 heavy (non-hydrogen) atoms. The average Bonchev–Trinajstić information content (AvgIpc) is 3.15. The topological polar surface area (TPSA) is 76.7 Å². The number of benzene rings is 1. The molecule has 1 aromatic carbocycles. The third kappa shape index (κ3) is 3.59. The van der Waals surface area contributed by atoms with Crippen LogP contribution < -0.4 is 0 Å². The van der Waals surface area contributed by atoms with Crippen LogP contribution in [0.2, 0.25) is 0 Å². The molecule has 0 spiro atoms. The Morgan fingerprint density at radius 3 is 2.50 bits per heavy atom. The molecule has 1 N–H and O–H groups in total. The van der Waals surface area contributed by atoms with E-state index >= 15 is 8.78 Å². The van der Waals surface area contributed by atoms with Crippen molar-refractivity contribution in [3.05, 3.63) is 71.3 Å². The molecule has 2 aromatic heterocycles. The Morgan fingerprint density at radius 1 is 1.14 bits per heavy atom. The molecule has 2 heterocycles. The lowest BCUT2D eigenvalue weighted by atomic mass is 9.84. The van der Waals surface area contributed by atoms with Gasteiger partial charge in [-0.1, -0.05) is 19.4 Å². The summed E-state index contributed by atoms with van der Waals surface area (Å²) < 4.78 is 59.3. The quantitative estimate of drug-likeness (QED) is 0.623. The van der Waals surface area contributed by atoms with Gasteiger partial charge in [0, 0.05) is 17.8 Å². The SMILES string of the molecule is CCCc1ccc(C(F)(F)C(O)(Cn2cnnn2)c2ccc(F)cc2F)nc1. The fourth-order valence-corrected chi connectivity index (χ4v) is 2.92. The van der Waals surface area contributed by atoms with Crippen LogP contribution in [-0.2, 0) is 24.5 Å². The molecule has 1 unspecified atom stereocenters. The fourth-order valence-electron chi connectivity index (χ4n) is 2.92. The van der Waals surface area contributed by atoms with Gasteiger partial charge < -0.3 is 5.11 Å². The van der Waals surface area contributed by atoms with Gasteiger partial charge in [0.1, 0.15) is 23.7 Å². The van der Waals surface area contributed by atoms with E-state index in [-0.39, 0.29) is 0 Å². The van der Waals surface area contributed by atoms with E-state index in [0.717, 1.165) is 41.2 Å². The van der Waals surface area contributed by atoms with E-state index in [9.17, 15) is 13.9 Å². The number of hydrogen-bond donors (Lipinski definition) is 1. The van der Waals surface area contributed by atoms with E-state index in [1.165, 1.54) is 12.3 Å². The first-order valence-electron chi connectivity index (χ1n) is 8.50. The maximum Gasteiger partial charge on any atom is 0.323 e. The highest BCUT2D eigenvalue weighted by Crippen LogP contribution is 2.46. The number of tetrazole rings is 1. The highest BCUT2D eigenvalue weighted by atomic mass is 19.3. The summed E-state index contributed by atoms with van der Waals surface area (Å²) in [5.41, 5.74) is -3.93. The van der Waals surface area contributed by atoms with Gasteiger partial charge in [-0.15, -0.1) is 5.10 Å². The minimum absolute atomic E-state index is 0.424.